The summed E-state index contributed by atoms with van der Waals surface area (Å²) in [5.41, 5.74) is 1.64. The Morgan fingerprint density at radius 2 is 1.82 bits per heavy atom. The highest BCUT2D eigenvalue weighted by Gasteiger charge is 2.12. The van der Waals surface area contributed by atoms with Crippen LogP contribution in [0.2, 0.25) is 0 Å². The molecule has 28 heavy (non-hydrogen) atoms. The first-order valence-electron chi connectivity index (χ1n) is 8.51. The second-order valence-electron chi connectivity index (χ2n) is 6.01. The van der Waals surface area contributed by atoms with Crippen molar-refractivity contribution in [3.8, 4) is 11.4 Å². The first-order valence-corrected chi connectivity index (χ1v) is 8.51. The van der Waals surface area contributed by atoms with E-state index in [1.54, 1.807) is 36.8 Å². The summed E-state index contributed by atoms with van der Waals surface area (Å²) in [5, 5.41) is 10.3. The van der Waals surface area contributed by atoms with Crippen LogP contribution >= 0.6 is 0 Å². The Morgan fingerprint density at radius 1 is 1.00 bits per heavy atom. The maximum atomic E-state index is 13.2. The second kappa shape index (κ2) is 7.78. The lowest BCUT2D eigenvalue weighted by molar-refractivity contribution is 0.419. The molecule has 0 aliphatic heterocycles. The van der Waals surface area contributed by atoms with Gasteiger partial charge in [-0.25, -0.2) is 14.4 Å². The maximum Gasteiger partial charge on any atom is 0.214 e. The predicted molar refractivity (Wildman–Crippen MR) is 101 cm³/mol. The fraction of sp³-hybridized carbons (Fsp3) is 0.105. The molecule has 0 aliphatic rings. The summed E-state index contributed by atoms with van der Waals surface area (Å²) in [7, 11) is 0. The number of halogens is 1. The molecule has 8 nitrogen and oxygen atoms in total. The van der Waals surface area contributed by atoms with Gasteiger partial charge >= 0.3 is 0 Å². The number of aromatic nitrogens is 5. The van der Waals surface area contributed by atoms with Crippen LogP contribution in [0.15, 0.2) is 65.9 Å². The van der Waals surface area contributed by atoms with Crippen molar-refractivity contribution in [2.45, 2.75) is 13.0 Å². The average Bonchev–Trinajstić information content (AvgIpc) is 3.24. The molecule has 0 fully saturated rings. The summed E-state index contributed by atoms with van der Waals surface area (Å²) in [6.07, 6.45) is 6.03. The van der Waals surface area contributed by atoms with Crippen molar-refractivity contribution in [3.05, 3.63) is 72.8 Å². The van der Waals surface area contributed by atoms with E-state index in [4.69, 9.17) is 4.52 Å². The second-order valence-corrected chi connectivity index (χ2v) is 6.01. The normalized spacial score (nSPS) is 11.8. The lowest BCUT2D eigenvalue weighted by Gasteiger charge is -2.16. The molecule has 1 atom stereocenters. The largest absolute Gasteiger partial charge is 0.363 e. The van der Waals surface area contributed by atoms with Gasteiger partial charge in [0.15, 0.2) is 0 Å². The quantitative estimate of drug-likeness (QED) is 0.520. The topological polar surface area (TPSA) is 102 Å². The molecule has 0 aliphatic carbocycles. The van der Waals surface area contributed by atoms with Crippen LogP contribution in [-0.2, 0) is 0 Å². The summed E-state index contributed by atoms with van der Waals surface area (Å²) in [4.78, 5) is 16.9. The van der Waals surface area contributed by atoms with E-state index >= 15 is 0 Å². The standard InChI is InChI=1S/C19H16FN7O/c1-12(13-2-4-15(20)5-3-13)24-16-8-14(19-23-11-28-27-19)9-17(25-16)26-18-10-21-6-7-22-18/h2-12H,1H3,(H2,22,24,25,26). The van der Waals surface area contributed by atoms with Gasteiger partial charge in [-0.2, -0.15) is 4.98 Å². The Balaban J connectivity index is 1.64. The SMILES string of the molecule is CC(Nc1cc(-c2ncon2)cc(Nc2cnccn2)n1)c1ccc(F)cc1. The van der Waals surface area contributed by atoms with Gasteiger partial charge in [0.25, 0.3) is 0 Å². The summed E-state index contributed by atoms with van der Waals surface area (Å²) in [6.45, 7) is 1.96. The number of hydrogen-bond acceptors (Lipinski definition) is 8. The Labute approximate surface area is 159 Å². The smallest absolute Gasteiger partial charge is 0.214 e. The van der Waals surface area contributed by atoms with Crippen molar-refractivity contribution in [2.24, 2.45) is 0 Å². The monoisotopic (exact) mass is 377 g/mol. The van der Waals surface area contributed by atoms with Gasteiger partial charge in [-0.1, -0.05) is 17.3 Å². The van der Waals surface area contributed by atoms with Gasteiger partial charge in [0.05, 0.1) is 6.20 Å². The summed E-state index contributed by atoms with van der Waals surface area (Å²) < 4.78 is 18.0. The van der Waals surface area contributed by atoms with Crippen LogP contribution in [0.4, 0.5) is 21.8 Å². The van der Waals surface area contributed by atoms with Crippen molar-refractivity contribution >= 4 is 17.5 Å². The number of hydrogen-bond donors (Lipinski definition) is 2. The van der Waals surface area contributed by atoms with Gasteiger partial charge < -0.3 is 15.2 Å². The highest BCUT2D eigenvalue weighted by molar-refractivity contribution is 5.67. The van der Waals surface area contributed by atoms with Crippen molar-refractivity contribution in [1.82, 2.24) is 25.1 Å². The van der Waals surface area contributed by atoms with E-state index < -0.39 is 0 Å². The fourth-order valence-electron chi connectivity index (χ4n) is 2.65. The number of nitrogens with zero attached hydrogens (tertiary/aromatic N) is 5. The van der Waals surface area contributed by atoms with Crippen LogP contribution in [-0.4, -0.2) is 25.1 Å². The van der Waals surface area contributed by atoms with Gasteiger partial charge in [0.1, 0.15) is 23.3 Å². The lowest BCUT2D eigenvalue weighted by atomic mass is 10.1. The van der Waals surface area contributed by atoms with Gasteiger partial charge in [-0.15, -0.1) is 0 Å². The third-order valence-electron chi connectivity index (χ3n) is 4.00. The first-order chi connectivity index (χ1) is 13.7. The summed E-state index contributed by atoms with van der Waals surface area (Å²) in [5.74, 6) is 1.84. The Hall–Kier alpha value is -3.88. The van der Waals surface area contributed by atoms with Gasteiger partial charge in [-0.3, -0.25) is 4.98 Å². The minimum Gasteiger partial charge on any atom is -0.363 e. The van der Waals surface area contributed by atoms with Crippen molar-refractivity contribution in [1.29, 1.82) is 0 Å². The number of rotatable bonds is 6. The number of pyridine rings is 1. The first kappa shape index (κ1) is 17.5. The van der Waals surface area contributed by atoms with E-state index in [0.29, 0.717) is 28.8 Å². The van der Waals surface area contributed by atoms with Crippen molar-refractivity contribution in [3.63, 3.8) is 0 Å². The van der Waals surface area contributed by atoms with Crippen LogP contribution in [0, 0.1) is 5.82 Å². The molecular formula is C19H16FN7O. The van der Waals surface area contributed by atoms with Crippen molar-refractivity contribution < 1.29 is 8.91 Å². The maximum absolute atomic E-state index is 13.2. The van der Waals surface area contributed by atoms with Crippen LogP contribution in [0.5, 0.6) is 0 Å². The molecule has 0 spiro atoms. The Kier molecular flexibility index (Phi) is 4.87. The number of anilines is 3. The molecule has 4 aromatic rings. The predicted octanol–water partition coefficient (Wildman–Crippen LogP) is 3.98. The zero-order valence-electron chi connectivity index (χ0n) is 14.9. The molecule has 3 aromatic heterocycles. The Morgan fingerprint density at radius 3 is 2.54 bits per heavy atom. The Bertz CT molecular complexity index is 1040. The molecule has 0 amide bonds. The van der Waals surface area contributed by atoms with Crippen molar-refractivity contribution in [2.75, 3.05) is 10.6 Å². The van der Waals surface area contributed by atoms with Crippen LogP contribution < -0.4 is 10.6 Å². The molecule has 3 heterocycles. The van der Waals surface area contributed by atoms with E-state index in [2.05, 4.69) is 35.7 Å². The molecule has 140 valence electrons. The molecule has 0 saturated heterocycles. The summed E-state index contributed by atoms with van der Waals surface area (Å²) in [6, 6.07) is 9.82. The highest BCUT2D eigenvalue weighted by Crippen LogP contribution is 2.26. The van der Waals surface area contributed by atoms with E-state index in [1.807, 2.05) is 13.0 Å². The zero-order valence-corrected chi connectivity index (χ0v) is 14.9. The molecule has 0 saturated carbocycles. The highest BCUT2D eigenvalue weighted by atomic mass is 19.1. The molecule has 0 radical (unpaired) electrons. The fourth-order valence-corrected chi connectivity index (χ4v) is 2.65. The van der Waals surface area contributed by atoms with Crippen LogP contribution in [0.3, 0.4) is 0 Å². The average molecular weight is 377 g/mol. The lowest BCUT2D eigenvalue weighted by Crippen LogP contribution is -2.09. The van der Waals surface area contributed by atoms with E-state index in [1.165, 1.54) is 18.5 Å². The van der Waals surface area contributed by atoms with Gasteiger partial charge in [0.2, 0.25) is 12.2 Å². The zero-order chi connectivity index (χ0) is 19.3. The summed E-state index contributed by atoms with van der Waals surface area (Å²) >= 11 is 0. The molecular weight excluding hydrogens is 361 g/mol. The molecule has 2 N–H and O–H groups in total. The van der Waals surface area contributed by atoms with E-state index in [0.717, 1.165) is 5.56 Å². The van der Waals surface area contributed by atoms with E-state index in [-0.39, 0.29) is 11.9 Å². The molecule has 1 aromatic carbocycles. The molecule has 9 heteroatoms. The van der Waals surface area contributed by atoms with E-state index in [9.17, 15) is 4.39 Å². The molecule has 0 bridgehead atoms. The molecule has 1 unspecified atom stereocenters. The minimum absolute atomic E-state index is 0.0991. The molecule has 4 rings (SSSR count). The third-order valence-corrected chi connectivity index (χ3v) is 4.00. The van der Waals surface area contributed by atoms with Gasteiger partial charge in [0, 0.05) is 24.0 Å². The van der Waals surface area contributed by atoms with Crippen LogP contribution in [0.1, 0.15) is 18.5 Å². The third kappa shape index (κ3) is 4.09. The van der Waals surface area contributed by atoms with Gasteiger partial charge in [-0.05, 0) is 36.8 Å². The number of benzene rings is 1. The number of nitrogens with one attached hydrogen (secondary N) is 2. The van der Waals surface area contributed by atoms with Crippen LogP contribution in [0.25, 0.3) is 11.4 Å². The minimum atomic E-state index is -0.274.